The fourth-order valence-corrected chi connectivity index (χ4v) is 11.3. The van der Waals surface area contributed by atoms with E-state index in [1.165, 1.54) is 12.2 Å². The molecular formula is C28H44N2O9S3. The van der Waals surface area contributed by atoms with Gasteiger partial charge in [-0.25, -0.2) is 22.0 Å². The number of thioether (sulfide) groups is 1. The molecule has 14 heteroatoms. The number of nitrogens with two attached hydrogens (primary N) is 1. The lowest BCUT2D eigenvalue weighted by Gasteiger charge is -2.41. The summed E-state index contributed by atoms with van der Waals surface area (Å²) < 4.78 is 53.9. The van der Waals surface area contributed by atoms with Crippen LogP contribution in [0, 0.1) is 17.8 Å². The first kappa shape index (κ1) is 34.8. The second-order valence-electron chi connectivity index (χ2n) is 11.5. The maximum Gasteiger partial charge on any atom is 0.306 e. The number of likely N-dealkylation sites (N-methyl/N-ethyl adjacent to an activating group) is 1. The summed E-state index contributed by atoms with van der Waals surface area (Å²) in [5, 5.41) is 25.7. The summed E-state index contributed by atoms with van der Waals surface area (Å²) in [6, 6.07) is -0.557. The first-order valence-electron chi connectivity index (χ1n) is 14.4. The van der Waals surface area contributed by atoms with Gasteiger partial charge in [-0.15, -0.1) is 0 Å². The second-order valence-corrected chi connectivity index (χ2v) is 17.3. The van der Waals surface area contributed by atoms with Crippen LogP contribution in [0.5, 0.6) is 0 Å². The molecule has 1 saturated heterocycles. The zero-order chi connectivity index (χ0) is 31.4. The van der Waals surface area contributed by atoms with Crippen LogP contribution in [-0.4, -0.2) is 84.6 Å². The molecule has 0 aromatic carbocycles. The highest BCUT2D eigenvalue weighted by Gasteiger charge is 2.53. The van der Waals surface area contributed by atoms with Crippen molar-refractivity contribution in [2.75, 3.05) is 6.54 Å². The Bertz CT molecular complexity index is 1290. The molecule has 0 spiro atoms. The molecular weight excluding hydrogens is 605 g/mol. The van der Waals surface area contributed by atoms with Gasteiger partial charge in [0.2, 0.25) is 15.9 Å². The van der Waals surface area contributed by atoms with Crippen LogP contribution in [0.25, 0.3) is 0 Å². The largest absolute Gasteiger partial charge is 0.463 e. The third-order valence-corrected chi connectivity index (χ3v) is 14.1. The molecule has 0 aromatic heterocycles. The molecule has 42 heavy (non-hydrogen) atoms. The molecule has 2 aliphatic heterocycles. The summed E-state index contributed by atoms with van der Waals surface area (Å²) in [5.74, 6) is -2.13. The normalized spacial score (nSPS) is 32.8. The predicted octanol–water partition coefficient (Wildman–Crippen LogP) is 2.21. The van der Waals surface area contributed by atoms with Gasteiger partial charge in [-0.1, -0.05) is 36.1 Å². The topological polar surface area (TPSA) is 181 Å². The summed E-state index contributed by atoms with van der Waals surface area (Å²) in [6.07, 6.45) is 8.90. The number of hydrogen-bond acceptors (Lipinski definition) is 10. The molecule has 1 aliphatic carbocycles. The molecule has 2 fully saturated rings. The minimum atomic E-state index is -4.10. The lowest BCUT2D eigenvalue weighted by atomic mass is 9.89. The number of unbranched alkanes of at least 4 members (excludes halogenated alkanes) is 1. The van der Waals surface area contributed by atoms with Crippen LogP contribution < -0.4 is 5.14 Å². The summed E-state index contributed by atoms with van der Waals surface area (Å²) >= 11 is 0.720. The number of ether oxygens (including phenoxy) is 1. The number of fused-ring (bicyclic) bond motifs is 1. The van der Waals surface area contributed by atoms with E-state index in [0.717, 1.165) is 11.8 Å². The van der Waals surface area contributed by atoms with Gasteiger partial charge in [0.15, 0.2) is 9.84 Å². The first-order chi connectivity index (χ1) is 19.6. The number of esters is 1. The van der Waals surface area contributed by atoms with E-state index < -0.39 is 59.8 Å². The number of aliphatic hydroxyl groups is 2. The number of allylic oxidation sites excluding steroid dienone is 2. The van der Waals surface area contributed by atoms with Crippen LogP contribution in [0.3, 0.4) is 0 Å². The van der Waals surface area contributed by atoms with E-state index in [9.17, 15) is 36.6 Å². The van der Waals surface area contributed by atoms with E-state index >= 15 is 0 Å². The number of primary sulfonamides is 1. The Balaban J connectivity index is 1.68. The summed E-state index contributed by atoms with van der Waals surface area (Å²) in [5.41, 5.74) is 0. The van der Waals surface area contributed by atoms with Gasteiger partial charge < -0.3 is 19.8 Å². The zero-order valence-corrected chi connectivity index (χ0v) is 27.0. The van der Waals surface area contributed by atoms with E-state index in [2.05, 4.69) is 0 Å². The highest BCUT2D eigenvalue weighted by molar-refractivity contribution is 8.24. The molecule has 4 N–H and O–H groups in total. The van der Waals surface area contributed by atoms with Crippen molar-refractivity contribution in [3.8, 4) is 0 Å². The Labute approximate surface area is 253 Å². The third-order valence-electron chi connectivity index (χ3n) is 8.15. The van der Waals surface area contributed by atoms with Crippen molar-refractivity contribution in [2.24, 2.45) is 22.9 Å². The lowest BCUT2D eigenvalue weighted by Crippen LogP contribution is -2.53. The number of sulfonamides is 1. The Morgan fingerprint density at radius 3 is 2.52 bits per heavy atom. The van der Waals surface area contributed by atoms with E-state index in [0.29, 0.717) is 25.7 Å². The number of hydrogen-bond donors (Lipinski definition) is 3. The molecule has 3 aliphatic rings. The average molecular weight is 649 g/mol. The van der Waals surface area contributed by atoms with Gasteiger partial charge in [0.25, 0.3) is 0 Å². The van der Waals surface area contributed by atoms with Crippen LogP contribution in [0.4, 0.5) is 0 Å². The number of aliphatic hydroxyl groups excluding tert-OH is 2. The summed E-state index contributed by atoms with van der Waals surface area (Å²) in [6.45, 7) is 7.20. The van der Waals surface area contributed by atoms with Crippen LogP contribution in [-0.2, 0) is 34.2 Å². The third kappa shape index (κ3) is 8.26. The number of amides is 1. The van der Waals surface area contributed by atoms with Crippen molar-refractivity contribution in [3.05, 3.63) is 34.6 Å². The molecule has 0 bridgehead atoms. The van der Waals surface area contributed by atoms with Gasteiger partial charge in [-0.2, -0.15) is 0 Å². The van der Waals surface area contributed by atoms with Crippen LogP contribution >= 0.6 is 11.8 Å². The highest BCUT2D eigenvalue weighted by Crippen LogP contribution is 2.49. The standard InChI is InChI=1S/C28H44N2O9S3/c1-5-30(22-14-18(4)41(35,36)28-21(22)15-27(40-28)42(29,37)38)25(33)13-12-20-19(23(31)16-24(20)32)10-8-6-7-9-11-26(34)39-17(2)3/h6,8,12-13,15,17-24,28,31-32H,5,7,9-11,14,16H2,1-4H3,(H2,29,37,38)/b8-6-,13-12+/t18-,19+,20+,21?,22-,23-,24+,28?/m0/s1. The molecule has 3 rings (SSSR count). The number of carbonyl (C=O) groups excluding carboxylic acids is 2. The number of sulfone groups is 1. The SMILES string of the molecule is CCN(C(=O)/C=C/[C@@H]1[C@@H](C/C=C\CCCC(=O)OC(C)C)[C@@H](O)C[C@H]1O)[C@H]1C[C@H](C)S(=O)(=O)C2SC(S(N)(=O)=O)=CC21. The van der Waals surface area contributed by atoms with Crippen molar-refractivity contribution in [1.82, 2.24) is 4.90 Å². The van der Waals surface area contributed by atoms with Crippen molar-refractivity contribution in [3.63, 3.8) is 0 Å². The summed E-state index contributed by atoms with van der Waals surface area (Å²) in [7, 11) is -7.76. The molecule has 1 amide bonds. The minimum Gasteiger partial charge on any atom is -0.463 e. The lowest BCUT2D eigenvalue weighted by molar-refractivity contribution is -0.147. The maximum absolute atomic E-state index is 13.4. The number of rotatable bonds is 12. The van der Waals surface area contributed by atoms with Crippen molar-refractivity contribution in [1.29, 1.82) is 0 Å². The number of carbonyl (C=O) groups is 2. The molecule has 0 radical (unpaired) electrons. The molecule has 2 heterocycles. The monoisotopic (exact) mass is 648 g/mol. The Hall–Kier alpha value is -1.71. The van der Waals surface area contributed by atoms with E-state index in [4.69, 9.17) is 9.88 Å². The van der Waals surface area contributed by atoms with Gasteiger partial charge in [0.1, 0.15) is 8.82 Å². The average Bonchev–Trinajstić information content (AvgIpc) is 3.45. The zero-order valence-electron chi connectivity index (χ0n) is 24.5. The molecule has 8 atom stereocenters. The number of nitrogens with zero attached hydrogens (tertiary/aromatic N) is 1. The van der Waals surface area contributed by atoms with Gasteiger partial charge in [0.05, 0.1) is 23.6 Å². The van der Waals surface area contributed by atoms with Crippen molar-refractivity contribution in [2.45, 2.75) is 100 Å². The second kappa shape index (κ2) is 14.4. The highest BCUT2D eigenvalue weighted by atomic mass is 32.3. The molecule has 238 valence electrons. The Morgan fingerprint density at radius 2 is 1.90 bits per heavy atom. The maximum atomic E-state index is 13.4. The minimum absolute atomic E-state index is 0.148. The van der Waals surface area contributed by atoms with Gasteiger partial charge in [0, 0.05) is 37.3 Å². The van der Waals surface area contributed by atoms with Crippen LogP contribution in [0.1, 0.15) is 66.2 Å². The quantitative estimate of drug-likeness (QED) is 0.123. The fraction of sp³-hybridized carbons (Fsp3) is 0.714. The van der Waals surface area contributed by atoms with Crippen LogP contribution in [0.2, 0.25) is 0 Å². The predicted molar refractivity (Wildman–Crippen MR) is 162 cm³/mol. The van der Waals surface area contributed by atoms with E-state index in [-0.39, 0.29) is 47.5 Å². The molecule has 0 aromatic rings. The van der Waals surface area contributed by atoms with E-state index in [1.54, 1.807) is 38.7 Å². The van der Waals surface area contributed by atoms with Crippen molar-refractivity contribution < 1.29 is 41.4 Å². The van der Waals surface area contributed by atoms with E-state index in [1.807, 2.05) is 12.2 Å². The van der Waals surface area contributed by atoms with Gasteiger partial charge in [-0.3, -0.25) is 9.59 Å². The Kier molecular flexibility index (Phi) is 11.9. The molecule has 1 saturated carbocycles. The fourth-order valence-electron chi connectivity index (χ4n) is 6.01. The summed E-state index contributed by atoms with van der Waals surface area (Å²) in [4.78, 5) is 26.6. The smallest absolute Gasteiger partial charge is 0.306 e. The Morgan fingerprint density at radius 1 is 1.21 bits per heavy atom. The molecule has 11 nitrogen and oxygen atoms in total. The van der Waals surface area contributed by atoms with Gasteiger partial charge in [-0.05, 0) is 65.4 Å². The first-order valence-corrected chi connectivity index (χ1v) is 18.4. The van der Waals surface area contributed by atoms with Crippen LogP contribution in [0.15, 0.2) is 34.6 Å². The van der Waals surface area contributed by atoms with Gasteiger partial charge >= 0.3 is 5.97 Å². The molecule has 2 unspecified atom stereocenters. The van der Waals surface area contributed by atoms with Crippen molar-refractivity contribution >= 4 is 43.5 Å².